The maximum Gasteiger partial charge on any atom is 0.240 e. The zero-order chi connectivity index (χ0) is 14.6. The summed E-state index contributed by atoms with van der Waals surface area (Å²) in [5, 5.41) is 0. The van der Waals surface area contributed by atoms with Gasteiger partial charge in [0.15, 0.2) is 0 Å². The van der Waals surface area contributed by atoms with Crippen molar-refractivity contribution in [2.45, 2.75) is 24.9 Å². The number of nitrogens with one attached hydrogen (secondary N) is 1. The van der Waals surface area contributed by atoms with Crippen LogP contribution in [0.3, 0.4) is 0 Å². The van der Waals surface area contributed by atoms with Crippen molar-refractivity contribution < 1.29 is 8.42 Å². The molecule has 0 bridgehead atoms. The third-order valence-electron chi connectivity index (χ3n) is 3.07. The van der Waals surface area contributed by atoms with Gasteiger partial charge in [-0.2, -0.15) is 0 Å². The Kier molecular flexibility index (Phi) is 4.53. The molecule has 0 unspecified atom stereocenters. The van der Waals surface area contributed by atoms with E-state index in [1.54, 1.807) is 36.9 Å². The lowest BCUT2D eigenvalue weighted by Gasteiger charge is -2.09. The first-order valence-electron chi connectivity index (χ1n) is 6.28. The number of hydrogen-bond donors (Lipinski definition) is 2. The van der Waals surface area contributed by atoms with Gasteiger partial charge in [0.2, 0.25) is 10.0 Å². The summed E-state index contributed by atoms with van der Waals surface area (Å²) < 4.78 is 28.7. The molecular weight excluding hydrogens is 276 g/mol. The SMILES string of the molecule is Cc1cc(S(=O)(=O)NCCn2ccnc2)ccc1CN. The highest BCUT2D eigenvalue weighted by Gasteiger charge is 2.14. The van der Waals surface area contributed by atoms with E-state index in [1.165, 1.54) is 0 Å². The smallest absolute Gasteiger partial charge is 0.240 e. The molecule has 0 radical (unpaired) electrons. The maximum atomic E-state index is 12.1. The molecule has 2 rings (SSSR count). The first-order chi connectivity index (χ1) is 9.53. The molecule has 0 spiro atoms. The number of nitrogens with two attached hydrogens (primary N) is 1. The third kappa shape index (κ3) is 3.44. The fourth-order valence-corrected chi connectivity index (χ4v) is 2.98. The summed E-state index contributed by atoms with van der Waals surface area (Å²) in [4.78, 5) is 4.16. The molecular formula is C13H18N4O2S. The Morgan fingerprint density at radius 3 is 2.80 bits per heavy atom. The molecule has 0 saturated heterocycles. The van der Waals surface area contributed by atoms with Crippen LogP contribution in [0, 0.1) is 6.92 Å². The summed E-state index contributed by atoms with van der Waals surface area (Å²) in [6.45, 7) is 3.11. The number of aryl methyl sites for hydroxylation is 1. The largest absolute Gasteiger partial charge is 0.336 e. The van der Waals surface area contributed by atoms with Crippen molar-refractivity contribution in [2.75, 3.05) is 6.54 Å². The van der Waals surface area contributed by atoms with Crippen molar-refractivity contribution in [2.24, 2.45) is 5.73 Å². The van der Waals surface area contributed by atoms with Crippen molar-refractivity contribution in [1.82, 2.24) is 14.3 Å². The predicted molar refractivity (Wildman–Crippen MR) is 76.5 cm³/mol. The minimum atomic E-state index is -3.49. The van der Waals surface area contributed by atoms with Crippen LogP contribution in [0.15, 0.2) is 41.8 Å². The lowest BCUT2D eigenvalue weighted by atomic mass is 10.1. The second kappa shape index (κ2) is 6.17. The lowest BCUT2D eigenvalue weighted by molar-refractivity contribution is 0.572. The number of nitrogens with zero attached hydrogens (tertiary/aromatic N) is 2. The van der Waals surface area contributed by atoms with Crippen molar-refractivity contribution >= 4 is 10.0 Å². The molecule has 1 heterocycles. The minimum Gasteiger partial charge on any atom is -0.336 e. The minimum absolute atomic E-state index is 0.262. The van der Waals surface area contributed by atoms with Gasteiger partial charge in [-0.15, -0.1) is 0 Å². The van der Waals surface area contributed by atoms with Crippen molar-refractivity contribution in [1.29, 1.82) is 0 Å². The Labute approximate surface area is 118 Å². The van der Waals surface area contributed by atoms with Gasteiger partial charge in [-0.25, -0.2) is 18.1 Å². The maximum absolute atomic E-state index is 12.1. The Hall–Kier alpha value is -1.70. The summed E-state index contributed by atoms with van der Waals surface area (Å²) in [5.74, 6) is 0. The van der Waals surface area contributed by atoms with E-state index < -0.39 is 10.0 Å². The molecule has 0 aliphatic carbocycles. The molecule has 0 aliphatic heterocycles. The van der Waals surface area contributed by atoms with Crippen molar-refractivity contribution in [3.05, 3.63) is 48.0 Å². The van der Waals surface area contributed by atoms with E-state index in [0.717, 1.165) is 11.1 Å². The lowest BCUT2D eigenvalue weighted by Crippen LogP contribution is -2.27. The van der Waals surface area contributed by atoms with Crippen LogP contribution in [0.1, 0.15) is 11.1 Å². The Morgan fingerprint density at radius 2 is 2.20 bits per heavy atom. The fraction of sp³-hybridized carbons (Fsp3) is 0.308. The quantitative estimate of drug-likeness (QED) is 0.817. The van der Waals surface area contributed by atoms with Crippen LogP contribution in [0.4, 0.5) is 0 Å². The van der Waals surface area contributed by atoms with Crippen molar-refractivity contribution in [3.63, 3.8) is 0 Å². The molecule has 2 aromatic rings. The number of aromatic nitrogens is 2. The van der Waals surface area contributed by atoms with E-state index in [4.69, 9.17) is 5.73 Å². The predicted octanol–water partition coefficient (Wildman–Crippen LogP) is 0.629. The number of sulfonamides is 1. The van der Waals surface area contributed by atoms with E-state index >= 15 is 0 Å². The van der Waals surface area contributed by atoms with E-state index in [9.17, 15) is 8.42 Å². The van der Waals surface area contributed by atoms with Crippen molar-refractivity contribution in [3.8, 4) is 0 Å². The zero-order valence-electron chi connectivity index (χ0n) is 11.3. The fourth-order valence-electron chi connectivity index (χ4n) is 1.88. The summed E-state index contributed by atoms with van der Waals surface area (Å²) in [7, 11) is -3.49. The van der Waals surface area contributed by atoms with Gasteiger partial charge in [-0.05, 0) is 30.2 Å². The standard InChI is InChI=1S/C13H18N4O2S/c1-11-8-13(3-2-12(11)9-14)20(18,19)16-5-7-17-6-4-15-10-17/h2-4,6,8,10,16H,5,7,9,14H2,1H3. The molecule has 0 fully saturated rings. The zero-order valence-corrected chi connectivity index (χ0v) is 12.1. The van der Waals surface area contributed by atoms with Crippen LogP contribution in [-0.2, 0) is 23.1 Å². The van der Waals surface area contributed by atoms with Gasteiger partial charge in [0, 0.05) is 32.0 Å². The number of benzene rings is 1. The Balaban J connectivity index is 2.04. The average molecular weight is 294 g/mol. The van der Waals surface area contributed by atoms with Gasteiger partial charge < -0.3 is 10.3 Å². The van der Waals surface area contributed by atoms with Crippen LogP contribution in [0.5, 0.6) is 0 Å². The molecule has 1 aromatic carbocycles. The highest BCUT2D eigenvalue weighted by atomic mass is 32.2. The molecule has 6 nitrogen and oxygen atoms in total. The summed E-state index contributed by atoms with van der Waals surface area (Å²) in [6.07, 6.45) is 5.09. The molecule has 0 atom stereocenters. The van der Waals surface area contributed by atoms with Gasteiger partial charge in [-0.1, -0.05) is 6.07 Å². The van der Waals surface area contributed by atoms with Gasteiger partial charge in [-0.3, -0.25) is 0 Å². The first kappa shape index (κ1) is 14.7. The summed E-state index contributed by atoms with van der Waals surface area (Å²) in [6, 6.07) is 4.97. The van der Waals surface area contributed by atoms with Crippen LogP contribution in [0.25, 0.3) is 0 Å². The van der Waals surface area contributed by atoms with Crippen LogP contribution in [0.2, 0.25) is 0 Å². The van der Waals surface area contributed by atoms with E-state index in [-0.39, 0.29) is 4.90 Å². The monoisotopic (exact) mass is 294 g/mol. The molecule has 7 heteroatoms. The third-order valence-corrected chi connectivity index (χ3v) is 4.52. The summed E-state index contributed by atoms with van der Waals surface area (Å²) in [5.41, 5.74) is 7.40. The molecule has 20 heavy (non-hydrogen) atoms. The second-order valence-electron chi connectivity index (χ2n) is 4.49. The molecule has 0 saturated carbocycles. The normalized spacial score (nSPS) is 11.7. The highest BCUT2D eigenvalue weighted by molar-refractivity contribution is 7.89. The van der Waals surface area contributed by atoms with Crippen LogP contribution in [-0.4, -0.2) is 24.5 Å². The Morgan fingerprint density at radius 1 is 1.40 bits per heavy atom. The van der Waals surface area contributed by atoms with E-state index in [0.29, 0.717) is 19.6 Å². The molecule has 3 N–H and O–H groups in total. The van der Waals surface area contributed by atoms with Gasteiger partial charge in [0.05, 0.1) is 11.2 Å². The highest BCUT2D eigenvalue weighted by Crippen LogP contribution is 2.14. The average Bonchev–Trinajstić information content (AvgIpc) is 2.91. The molecule has 0 amide bonds. The number of rotatable bonds is 6. The molecule has 1 aromatic heterocycles. The van der Waals surface area contributed by atoms with Gasteiger partial charge >= 0.3 is 0 Å². The first-order valence-corrected chi connectivity index (χ1v) is 7.76. The Bertz CT molecular complexity index is 666. The summed E-state index contributed by atoms with van der Waals surface area (Å²) >= 11 is 0. The number of imidazole rings is 1. The van der Waals surface area contributed by atoms with Crippen LogP contribution >= 0.6 is 0 Å². The molecule has 108 valence electrons. The number of hydrogen-bond acceptors (Lipinski definition) is 4. The van der Waals surface area contributed by atoms with Crippen LogP contribution < -0.4 is 10.5 Å². The van der Waals surface area contributed by atoms with E-state index in [2.05, 4.69) is 9.71 Å². The van der Waals surface area contributed by atoms with Gasteiger partial charge in [0.25, 0.3) is 0 Å². The van der Waals surface area contributed by atoms with Gasteiger partial charge in [0.1, 0.15) is 0 Å². The molecule has 0 aliphatic rings. The second-order valence-corrected chi connectivity index (χ2v) is 6.26. The topological polar surface area (TPSA) is 90.0 Å². The van der Waals surface area contributed by atoms with E-state index in [1.807, 2.05) is 11.5 Å².